The summed E-state index contributed by atoms with van der Waals surface area (Å²) >= 11 is 5.95. The normalized spacial score (nSPS) is 12.9. The lowest BCUT2D eigenvalue weighted by molar-refractivity contribution is -0.157. The second-order valence-electron chi connectivity index (χ2n) is 11.5. The van der Waals surface area contributed by atoms with Gasteiger partial charge in [0.15, 0.2) is 0 Å². The van der Waals surface area contributed by atoms with Crippen LogP contribution in [-0.4, -0.2) is 30.5 Å². The van der Waals surface area contributed by atoms with Crippen LogP contribution in [0.1, 0.15) is 155 Å². The Balaban J connectivity index is 3.65. The second kappa shape index (κ2) is 35.4. The molecule has 0 rings (SSSR count). The van der Waals surface area contributed by atoms with Crippen molar-refractivity contribution in [2.24, 2.45) is 0 Å². The van der Waals surface area contributed by atoms with Gasteiger partial charge >= 0.3 is 11.9 Å². The van der Waals surface area contributed by atoms with Gasteiger partial charge in [-0.15, -0.1) is 11.6 Å². The molecule has 4 nitrogen and oxygen atoms in total. The first kappa shape index (κ1) is 41.9. The quantitative estimate of drug-likeness (QED) is 0.0330. The van der Waals surface area contributed by atoms with Crippen molar-refractivity contribution >= 4 is 23.5 Å². The molecule has 1 atom stereocenters. The molecule has 252 valence electrons. The van der Waals surface area contributed by atoms with Gasteiger partial charge in [0.05, 0.1) is 5.88 Å². The molecule has 0 N–H and O–H groups in total. The van der Waals surface area contributed by atoms with Crippen molar-refractivity contribution in [3.8, 4) is 0 Å². The highest BCUT2D eigenvalue weighted by Crippen LogP contribution is 2.11. The highest BCUT2D eigenvalue weighted by Gasteiger charge is 2.16. The molecule has 0 aliphatic heterocycles. The van der Waals surface area contributed by atoms with Crippen LogP contribution in [0.15, 0.2) is 60.8 Å². The summed E-state index contributed by atoms with van der Waals surface area (Å²) in [4.78, 5) is 24.3. The topological polar surface area (TPSA) is 52.6 Å². The van der Waals surface area contributed by atoms with Gasteiger partial charge < -0.3 is 9.47 Å². The second-order valence-corrected chi connectivity index (χ2v) is 11.8. The first-order valence-electron chi connectivity index (χ1n) is 17.8. The minimum Gasteiger partial charge on any atom is -0.462 e. The van der Waals surface area contributed by atoms with Crippen molar-refractivity contribution in [1.29, 1.82) is 0 Å². The molecule has 0 heterocycles. The van der Waals surface area contributed by atoms with Crippen LogP contribution < -0.4 is 0 Å². The number of allylic oxidation sites excluding steroid dienone is 10. The highest BCUT2D eigenvalue weighted by atomic mass is 35.5. The van der Waals surface area contributed by atoms with Gasteiger partial charge in [-0.05, 0) is 77.0 Å². The summed E-state index contributed by atoms with van der Waals surface area (Å²) in [6.45, 7) is 4.42. The fourth-order valence-corrected chi connectivity index (χ4v) is 4.73. The van der Waals surface area contributed by atoms with Crippen molar-refractivity contribution in [1.82, 2.24) is 0 Å². The molecule has 0 fully saturated rings. The number of carbonyl (C=O) groups is 2. The smallest absolute Gasteiger partial charge is 0.306 e. The molecule has 0 aromatic carbocycles. The fraction of sp³-hybridized carbons (Fsp3) is 0.692. The highest BCUT2D eigenvalue weighted by molar-refractivity contribution is 6.18. The minimum absolute atomic E-state index is 0.0353. The number of alkyl halides is 1. The Morgan fingerprint density at radius 1 is 0.545 bits per heavy atom. The summed E-state index contributed by atoms with van der Waals surface area (Å²) < 4.78 is 10.7. The number of ether oxygens (including phenoxy) is 2. The van der Waals surface area contributed by atoms with E-state index in [1.54, 1.807) is 0 Å². The summed E-state index contributed by atoms with van der Waals surface area (Å²) in [7, 11) is 0. The average molecular weight is 633 g/mol. The summed E-state index contributed by atoms with van der Waals surface area (Å²) in [5.41, 5.74) is 0. The van der Waals surface area contributed by atoms with Crippen LogP contribution >= 0.6 is 11.6 Å². The zero-order valence-electron chi connectivity index (χ0n) is 28.3. The van der Waals surface area contributed by atoms with Gasteiger partial charge in [-0.3, -0.25) is 9.59 Å². The zero-order valence-corrected chi connectivity index (χ0v) is 29.1. The molecule has 0 aromatic heterocycles. The van der Waals surface area contributed by atoms with E-state index in [0.717, 1.165) is 77.0 Å². The van der Waals surface area contributed by atoms with Gasteiger partial charge in [-0.2, -0.15) is 0 Å². The minimum atomic E-state index is -0.577. The van der Waals surface area contributed by atoms with Gasteiger partial charge in [0, 0.05) is 12.8 Å². The van der Waals surface area contributed by atoms with E-state index in [9.17, 15) is 9.59 Å². The fourth-order valence-electron chi connectivity index (χ4n) is 4.58. The summed E-state index contributed by atoms with van der Waals surface area (Å²) in [5.74, 6) is -0.378. The van der Waals surface area contributed by atoms with Crippen LogP contribution in [0, 0.1) is 0 Å². The van der Waals surface area contributed by atoms with E-state index in [2.05, 4.69) is 74.6 Å². The van der Waals surface area contributed by atoms with Crippen LogP contribution in [0.4, 0.5) is 0 Å². The Hall–Kier alpha value is -2.07. The van der Waals surface area contributed by atoms with Crippen molar-refractivity contribution in [2.45, 2.75) is 161 Å². The van der Waals surface area contributed by atoms with E-state index in [1.807, 2.05) is 0 Å². The van der Waals surface area contributed by atoms with Crippen LogP contribution in [-0.2, 0) is 19.1 Å². The van der Waals surface area contributed by atoms with Crippen molar-refractivity contribution in [3.63, 3.8) is 0 Å². The Morgan fingerprint density at radius 3 is 1.48 bits per heavy atom. The Kier molecular flexibility index (Phi) is 33.7. The standard InChI is InChI=1S/C39H65ClO4/c1-3-5-7-9-11-13-15-17-19-21-23-25-27-29-31-33-38(41)43-36-37(35-40)44-39(42)34-32-30-28-26-24-22-20-18-16-14-12-10-8-6-4-2/h6,8,11-14,17-20,37H,3-5,7,9-10,15-16,21-36H2,1-2H3/b8-6-,13-11-,14-12-,19-17-,20-18-/t37-/m1/s1. The number of halogens is 1. The maximum absolute atomic E-state index is 12.2. The third kappa shape index (κ3) is 32.8. The zero-order chi connectivity index (χ0) is 32.2. The molecule has 44 heavy (non-hydrogen) atoms. The van der Waals surface area contributed by atoms with Gasteiger partial charge in [-0.25, -0.2) is 0 Å². The van der Waals surface area contributed by atoms with Gasteiger partial charge in [0.1, 0.15) is 12.7 Å². The van der Waals surface area contributed by atoms with E-state index in [1.165, 1.54) is 51.4 Å². The first-order valence-corrected chi connectivity index (χ1v) is 18.3. The van der Waals surface area contributed by atoms with Gasteiger partial charge in [0.25, 0.3) is 0 Å². The lowest BCUT2D eigenvalue weighted by Gasteiger charge is -2.15. The van der Waals surface area contributed by atoms with E-state index in [0.29, 0.717) is 12.8 Å². The predicted molar refractivity (Wildman–Crippen MR) is 190 cm³/mol. The Labute approximate surface area is 276 Å². The first-order chi connectivity index (χ1) is 21.6. The lowest BCUT2D eigenvalue weighted by atomic mass is 10.1. The molecule has 0 spiro atoms. The number of hydrogen-bond donors (Lipinski definition) is 0. The Morgan fingerprint density at radius 2 is 0.977 bits per heavy atom. The van der Waals surface area contributed by atoms with Gasteiger partial charge in [-0.1, -0.05) is 126 Å². The van der Waals surface area contributed by atoms with Crippen molar-refractivity contribution in [2.75, 3.05) is 12.5 Å². The molecule has 0 amide bonds. The molecule has 0 unspecified atom stereocenters. The summed E-state index contributed by atoms with van der Waals surface area (Å²) in [6, 6.07) is 0. The van der Waals surface area contributed by atoms with Crippen LogP contribution in [0.5, 0.6) is 0 Å². The van der Waals surface area contributed by atoms with E-state index in [4.69, 9.17) is 21.1 Å². The van der Waals surface area contributed by atoms with E-state index < -0.39 is 6.10 Å². The van der Waals surface area contributed by atoms with Crippen molar-refractivity contribution < 1.29 is 19.1 Å². The third-order valence-electron chi connectivity index (χ3n) is 7.26. The molecular formula is C39H65ClO4. The molecule has 0 saturated carbocycles. The molecule has 0 aliphatic carbocycles. The maximum atomic E-state index is 12.2. The van der Waals surface area contributed by atoms with Gasteiger partial charge in [0.2, 0.25) is 0 Å². The van der Waals surface area contributed by atoms with E-state index in [-0.39, 0.29) is 24.4 Å². The Bertz CT molecular complexity index is 796. The molecule has 0 aromatic rings. The molecule has 0 saturated heterocycles. The van der Waals surface area contributed by atoms with Crippen LogP contribution in [0.2, 0.25) is 0 Å². The monoisotopic (exact) mass is 632 g/mol. The predicted octanol–water partition coefficient (Wildman–Crippen LogP) is 12.1. The molecule has 5 heteroatoms. The SMILES string of the molecule is CC/C=C\C/C=C\C/C=C\CCCCCCCC(=O)O[C@H](CCl)COC(=O)CCCCCCC/C=C\C/C=C\CCCCC. The molecule has 0 bridgehead atoms. The van der Waals surface area contributed by atoms with E-state index >= 15 is 0 Å². The maximum Gasteiger partial charge on any atom is 0.306 e. The third-order valence-corrected chi connectivity index (χ3v) is 7.61. The van der Waals surface area contributed by atoms with Crippen molar-refractivity contribution in [3.05, 3.63) is 60.8 Å². The number of unbranched alkanes of at least 4 members (excludes halogenated alkanes) is 13. The average Bonchev–Trinajstić information content (AvgIpc) is 3.02. The number of esters is 2. The number of rotatable bonds is 31. The number of carbonyl (C=O) groups excluding carboxylic acids is 2. The molecule has 0 radical (unpaired) electrons. The van der Waals surface area contributed by atoms with Crippen LogP contribution in [0.3, 0.4) is 0 Å². The summed E-state index contributed by atoms with van der Waals surface area (Å²) in [6.07, 6.45) is 44.8. The molecular weight excluding hydrogens is 568 g/mol. The lowest BCUT2D eigenvalue weighted by Crippen LogP contribution is -2.26. The molecule has 0 aliphatic rings. The van der Waals surface area contributed by atoms with Crippen LogP contribution in [0.25, 0.3) is 0 Å². The number of hydrogen-bond acceptors (Lipinski definition) is 4. The summed E-state index contributed by atoms with van der Waals surface area (Å²) in [5, 5.41) is 0. The largest absolute Gasteiger partial charge is 0.462 e.